The lowest BCUT2D eigenvalue weighted by Crippen LogP contribution is -2.12. The number of allylic oxidation sites excluding steroid dienone is 5. The number of benzene rings is 1. The third-order valence-electron chi connectivity index (χ3n) is 3.56. The predicted octanol–water partition coefficient (Wildman–Crippen LogP) is 4.74. The van der Waals surface area contributed by atoms with Crippen molar-refractivity contribution in [2.75, 3.05) is 25.1 Å². The van der Waals surface area contributed by atoms with Crippen molar-refractivity contribution in [3.63, 3.8) is 0 Å². The van der Waals surface area contributed by atoms with E-state index >= 15 is 0 Å². The van der Waals surface area contributed by atoms with Gasteiger partial charge in [0.15, 0.2) is 5.82 Å². The Bertz CT molecular complexity index is 736. The summed E-state index contributed by atoms with van der Waals surface area (Å²) in [6, 6.07) is 12.2. The van der Waals surface area contributed by atoms with Crippen LogP contribution in [0.2, 0.25) is 0 Å². The molecule has 0 saturated carbocycles. The minimum Gasteiger partial charge on any atom is -0.380 e. The Balaban J connectivity index is 2.40. The van der Waals surface area contributed by atoms with Crippen molar-refractivity contribution in [3.8, 4) is 11.1 Å². The second-order valence-electron chi connectivity index (χ2n) is 5.34. The van der Waals surface area contributed by atoms with Crippen LogP contribution in [0.5, 0.6) is 0 Å². The Kier molecular flexibility index (Phi) is 7.60. The SMILES string of the molecule is C=C/C=C(\C=C/C)c1cc(-c2ccccc2)c(NCCOCC)nn1. The van der Waals surface area contributed by atoms with Crippen molar-refractivity contribution in [2.45, 2.75) is 13.8 Å². The third kappa shape index (κ3) is 5.40. The Morgan fingerprint density at radius 3 is 2.72 bits per heavy atom. The third-order valence-corrected chi connectivity index (χ3v) is 3.56. The molecule has 0 radical (unpaired) electrons. The molecule has 0 fully saturated rings. The zero-order chi connectivity index (χ0) is 17.9. The van der Waals surface area contributed by atoms with Gasteiger partial charge in [-0.15, -0.1) is 10.2 Å². The largest absolute Gasteiger partial charge is 0.380 e. The Labute approximate surface area is 150 Å². The van der Waals surface area contributed by atoms with Crippen LogP contribution in [0, 0.1) is 0 Å². The molecule has 130 valence electrons. The molecule has 0 atom stereocenters. The summed E-state index contributed by atoms with van der Waals surface area (Å²) in [5.41, 5.74) is 3.90. The maximum absolute atomic E-state index is 5.39. The quantitative estimate of drug-likeness (QED) is 0.531. The molecule has 0 saturated heterocycles. The highest BCUT2D eigenvalue weighted by atomic mass is 16.5. The molecule has 0 bridgehead atoms. The number of hydrogen-bond acceptors (Lipinski definition) is 4. The molecule has 0 aliphatic carbocycles. The van der Waals surface area contributed by atoms with Crippen LogP contribution < -0.4 is 5.32 Å². The van der Waals surface area contributed by atoms with Gasteiger partial charge >= 0.3 is 0 Å². The molecule has 1 heterocycles. The maximum atomic E-state index is 5.39. The molecule has 1 N–H and O–H groups in total. The predicted molar refractivity (Wildman–Crippen MR) is 105 cm³/mol. The number of hydrogen-bond donors (Lipinski definition) is 1. The standard InChI is InChI=1S/C21H25N3O/c1-4-10-18(11-5-2)20-16-19(17-12-8-7-9-13-17)21(24-23-20)22-14-15-25-6-3/h4-5,7-13,16H,1,6,14-15H2,2-3H3,(H,22,24)/b11-5-,18-10+. The Morgan fingerprint density at radius 1 is 1.24 bits per heavy atom. The molecule has 0 amide bonds. The van der Waals surface area contributed by atoms with Gasteiger partial charge in [-0.25, -0.2) is 0 Å². The van der Waals surface area contributed by atoms with E-state index in [1.54, 1.807) is 6.08 Å². The van der Waals surface area contributed by atoms with Crippen molar-refractivity contribution in [1.82, 2.24) is 10.2 Å². The zero-order valence-electron chi connectivity index (χ0n) is 14.9. The van der Waals surface area contributed by atoms with Gasteiger partial charge in [0.25, 0.3) is 0 Å². The van der Waals surface area contributed by atoms with Gasteiger partial charge in [0.05, 0.1) is 12.3 Å². The van der Waals surface area contributed by atoms with Gasteiger partial charge in [-0.3, -0.25) is 0 Å². The monoisotopic (exact) mass is 335 g/mol. The number of rotatable bonds is 9. The van der Waals surface area contributed by atoms with Crippen LogP contribution in [-0.4, -0.2) is 30.0 Å². The summed E-state index contributed by atoms with van der Waals surface area (Å²) in [5, 5.41) is 12.1. The average Bonchev–Trinajstić information content (AvgIpc) is 2.66. The summed E-state index contributed by atoms with van der Waals surface area (Å²) in [7, 11) is 0. The van der Waals surface area contributed by atoms with E-state index in [-0.39, 0.29) is 0 Å². The van der Waals surface area contributed by atoms with Crippen LogP contribution >= 0.6 is 0 Å². The van der Waals surface area contributed by atoms with Gasteiger partial charge in [-0.05, 0) is 25.5 Å². The zero-order valence-corrected chi connectivity index (χ0v) is 14.9. The van der Waals surface area contributed by atoms with E-state index in [4.69, 9.17) is 4.74 Å². The van der Waals surface area contributed by atoms with Crippen LogP contribution in [-0.2, 0) is 4.74 Å². The van der Waals surface area contributed by atoms with Crippen LogP contribution in [0.15, 0.2) is 67.3 Å². The molecule has 4 heteroatoms. The van der Waals surface area contributed by atoms with Gasteiger partial charge in [0, 0.05) is 24.3 Å². The summed E-state index contributed by atoms with van der Waals surface area (Å²) in [5.74, 6) is 0.757. The van der Waals surface area contributed by atoms with Gasteiger partial charge in [0.1, 0.15) is 0 Å². The van der Waals surface area contributed by atoms with Gasteiger partial charge in [-0.1, -0.05) is 61.2 Å². The molecule has 0 unspecified atom stereocenters. The molecule has 0 aliphatic heterocycles. The van der Waals surface area contributed by atoms with Crippen molar-refractivity contribution < 1.29 is 4.74 Å². The molecule has 0 aliphatic rings. The lowest BCUT2D eigenvalue weighted by Gasteiger charge is -2.12. The number of nitrogens with zero attached hydrogens (tertiary/aromatic N) is 2. The van der Waals surface area contributed by atoms with Crippen molar-refractivity contribution >= 4 is 11.4 Å². The maximum Gasteiger partial charge on any atom is 0.156 e. The second kappa shape index (κ2) is 10.2. The molecule has 1 aromatic carbocycles. The number of ether oxygens (including phenoxy) is 1. The first-order chi connectivity index (χ1) is 12.3. The normalized spacial score (nSPS) is 11.7. The Morgan fingerprint density at radius 2 is 2.04 bits per heavy atom. The summed E-state index contributed by atoms with van der Waals surface area (Å²) >= 11 is 0. The van der Waals surface area contributed by atoms with Crippen molar-refractivity contribution in [3.05, 3.63) is 73.0 Å². The molecule has 0 spiro atoms. The number of nitrogens with one attached hydrogen (secondary N) is 1. The molecule has 1 aromatic heterocycles. The van der Waals surface area contributed by atoms with E-state index in [0.717, 1.165) is 28.2 Å². The highest BCUT2D eigenvalue weighted by molar-refractivity contribution is 5.80. The highest BCUT2D eigenvalue weighted by Gasteiger charge is 2.10. The van der Waals surface area contributed by atoms with Crippen LogP contribution in [0.4, 0.5) is 5.82 Å². The molecule has 4 nitrogen and oxygen atoms in total. The first kappa shape index (κ1) is 18.6. The molecule has 2 rings (SSSR count). The summed E-state index contributed by atoms with van der Waals surface area (Å²) in [6.07, 6.45) is 7.67. The van der Waals surface area contributed by atoms with E-state index in [0.29, 0.717) is 19.8 Å². The van der Waals surface area contributed by atoms with Gasteiger partial charge < -0.3 is 10.1 Å². The van der Waals surface area contributed by atoms with Crippen LogP contribution in [0.25, 0.3) is 16.7 Å². The van der Waals surface area contributed by atoms with Crippen LogP contribution in [0.3, 0.4) is 0 Å². The second-order valence-corrected chi connectivity index (χ2v) is 5.34. The fourth-order valence-corrected chi connectivity index (χ4v) is 2.42. The molecule has 2 aromatic rings. The van der Waals surface area contributed by atoms with Crippen molar-refractivity contribution in [1.29, 1.82) is 0 Å². The minimum atomic E-state index is 0.633. The minimum absolute atomic E-state index is 0.633. The molecular weight excluding hydrogens is 310 g/mol. The molecular formula is C21H25N3O. The number of anilines is 1. The number of aromatic nitrogens is 2. The first-order valence-electron chi connectivity index (χ1n) is 8.50. The van der Waals surface area contributed by atoms with E-state index in [2.05, 4.69) is 40.3 Å². The summed E-state index contributed by atoms with van der Waals surface area (Å²) in [4.78, 5) is 0. The van der Waals surface area contributed by atoms with E-state index < -0.39 is 0 Å². The average molecular weight is 335 g/mol. The lowest BCUT2D eigenvalue weighted by atomic mass is 10.0. The van der Waals surface area contributed by atoms with E-state index in [9.17, 15) is 0 Å². The lowest BCUT2D eigenvalue weighted by molar-refractivity contribution is 0.158. The Hall–Kier alpha value is -2.72. The van der Waals surface area contributed by atoms with E-state index in [1.807, 2.05) is 50.3 Å². The van der Waals surface area contributed by atoms with E-state index in [1.165, 1.54) is 0 Å². The van der Waals surface area contributed by atoms with Gasteiger partial charge in [-0.2, -0.15) is 0 Å². The topological polar surface area (TPSA) is 47.0 Å². The van der Waals surface area contributed by atoms with Crippen LogP contribution in [0.1, 0.15) is 19.5 Å². The molecule has 25 heavy (non-hydrogen) atoms. The first-order valence-corrected chi connectivity index (χ1v) is 8.50. The fourth-order valence-electron chi connectivity index (χ4n) is 2.42. The van der Waals surface area contributed by atoms with Gasteiger partial charge in [0.2, 0.25) is 0 Å². The van der Waals surface area contributed by atoms with Crippen molar-refractivity contribution in [2.24, 2.45) is 0 Å². The smallest absolute Gasteiger partial charge is 0.156 e. The fraction of sp³-hybridized carbons (Fsp3) is 0.238. The highest BCUT2D eigenvalue weighted by Crippen LogP contribution is 2.28. The summed E-state index contributed by atoms with van der Waals surface area (Å²) in [6.45, 7) is 9.77. The summed E-state index contributed by atoms with van der Waals surface area (Å²) < 4.78 is 5.39.